The van der Waals surface area contributed by atoms with Crippen LogP contribution >= 0.6 is 0 Å². The molecule has 1 saturated carbocycles. The molecule has 1 aliphatic carbocycles. The summed E-state index contributed by atoms with van der Waals surface area (Å²) in [5, 5.41) is 16.0. The van der Waals surface area contributed by atoms with Crippen molar-refractivity contribution in [3.8, 4) is 11.1 Å². The van der Waals surface area contributed by atoms with Crippen molar-refractivity contribution in [2.75, 3.05) is 6.54 Å². The van der Waals surface area contributed by atoms with Crippen LogP contribution in [0.2, 0.25) is 0 Å². The number of aromatic nitrogens is 2. The summed E-state index contributed by atoms with van der Waals surface area (Å²) in [7, 11) is 0. The number of nitrogens with one attached hydrogen (secondary N) is 2. The number of para-hydroxylation sites is 2. The van der Waals surface area contributed by atoms with Crippen molar-refractivity contribution < 1.29 is 24.2 Å². The van der Waals surface area contributed by atoms with Crippen molar-refractivity contribution in [3.63, 3.8) is 0 Å². The van der Waals surface area contributed by atoms with Gasteiger partial charge in [-0.3, -0.25) is 19.5 Å². The van der Waals surface area contributed by atoms with Gasteiger partial charge in [-0.15, -0.1) is 0 Å². The number of amides is 2. The molecule has 4 aromatic carbocycles. The summed E-state index contributed by atoms with van der Waals surface area (Å²) in [5.74, 6) is 0.420. The molecule has 5 aromatic rings. The molecule has 2 aliphatic heterocycles. The minimum Gasteiger partial charge on any atom is -0.392 e. The van der Waals surface area contributed by atoms with Crippen molar-refractivity contribution in [2.45, 2.75) is 115 Å². The fourth-order valence-electron chi connectivity index (χ4n) is 9.06. The number of hydrogen-bond donors (Lipinski definition) is 3. The number of rotatable bonds is 10. The molecule has 6 unspecified atom stereocenters. The number of benzene rings is 4. The first-order chi connectivity index (χ1) is 28.1. The Balaban J connectivity index is 1.03. The highest BCUT2D eigenvalue weighted by Gasteiger charge is 2.44. The van der Waals surface area contributed by atoms with Crippen LogP contribution in [0.4, 0.5) is 0 Å². The molecule has 3 aliphatic rings. The number of ether oxygens (including phenoxy) is 2. The molecular weight excluding hydrogens is 727 g/mol. The van der Waals surface area contributed by atoms with Gasteiger partial charge in [-0.1, -0.05) is 85.6 Å². The smallest absolute Gasteiger partial charge is 0.271 e. The third-order valence-electron chi connectivity index (χ3n) is 11.9. The highest BCUT2D eigenvalue weighted by Crippen LogP contribution is 2.42. The molecule has 1 aromatic heterocycles. The monoisotopic (exact) mass is 781 g/mol. The number of fused-ring (bicyclic) bond motifs is 2. The average molecular weight is 782 g/mol. The fraction of sp³-hybridized carbons (Fsp3) is 0.417. The first kappa shape index (κ1) is 39.8. The van der Waals surface area contributed by atoms with Crippen LogP contribution in [0.25, 0.3) is 22.2 Å². The average Bonchev–Trinajstić information content (AvgIpc) is 3.25. The van der Waals surface area contributed by atoms with E-state index in [2.05, 4.69) is 55.8 Å². The van der Waals surface area contributed by atoms with Crippen LogP contribution in [0.1, 0.15) is 111 Å². The number of carbonyl (C=O) groups is 2. The van der Waals surface area contributed by atoms with E-state index >= 15 is 0 Å². The number of carbonyl (C=O) groups excluding carboxylic acids is 2. The Kier molecular flexibility index (Phi) is 12.0. The van der Waals surface area contributed by atoms with Crippen molar-refractivity contribution in [1.82, 2.24) is 25.5 Å². The lowest BCUT2D eigenvalue weighted by Gasteiger charge is -2.50. The largest absolute Gasteiger partial charge is 0.392 e. The molecule has 8 rings (SSSR count). The predicted octanol–water partition coefficient (Wildman–Crippen LogP) is 8.20. The summed E-state index contributed by atoms with van der Waals surface area (Å²) in [6.45, 7) is 7.10. The maximum absolute atomic E-state index is 13.9. The van der Waals surface area contributed by atoms with Crippen molar-refractivity contribution in [1.29, 1.82) is 0 Å². The summed E-state index contributed by atoms with van der Waals surface area (Å²) in [5.41, 5.74) is 7.14. The Labute approximate surface area is 341 Å². The van der Waals surface area contributed by atoms with Crippen molar-refractivity contribution >= 4 is 22.8 Å². The molecule has 10 nitrogen and oxygen atoms in total. The summed E-state index contributed by atoms with van der Waals surface area (Å²) in [6, 6.07) is 32.1. The van der Waals surface area contributed by atoms with E-state index in [9.17, 15) is 14.7 Å². The molecule has 3 fully saturated rings. The molecule has 10 heteroatoms. The Morgan fingerprint density at radius 3 is 2.36 bits per heavy atom. The SMILES string of the molecule is CC(C)(C)NC(=O)C1CCC2CCCCC2N1CC1CC(c2ccc(CO)cc2)OC(c2cccc(-c3cccc(CNC(=O)c4cnc5ccccc5n4)c3)c2)O1. The van der Waals surface area contributed by atoms with E-state index in [1.165, 1.54) is 25.5 Å². The number of aliphatic hydroxyl groups excluding tert-OH is 1. The maximum Gasteiger partial charge on any atom is 0.271 e. The van der Waals surface area contributed by atoms with Gasteiger partial charge in [-0.2, -0.15) is 0 Å². The second-order valence-electron chi connectivity index (χ2n) is 17.2. The number of hydrogen-bond acceptors (Lipinski definition) is 8. The molecule has 0 radical (unpaired) electrons. The summed E-state index contributed by atoms with van der Waals surface area (Å²) < 4.78 is 13.7. The van der Waals surface area contributed by atoms with Gasteiger partial charge in [0.15, 0.2) is 6.29 Å². The van der Waals surface area contributed by atoms with Gasteiger partial charge in [0.25, 0.3) is 5.91 Å². The Bertz CT molecular complexity index is 2220. The lowest BCUT2D eigenvalue weighted by atomic mass is 9.75. The molecule has 2 saturated heterocycles. The summed E-state index contributed by atoms with van der Waals surface area (Å²) in [6.07, 6.45) is 7.78. The molecular formula is C48H55N5O5. The van der Waals surface area contributed by atoms with Gasteiger partial charge in [0, 0.05) is 36.7 Å². The Hall–Kier alpha value is -5.00. The van der Waals surface area contributed by atoms with E-state index in [4.69, 9.17) is 9.47 Å². The van der Waals surface area contributed by atoms with Crippen LogP contribution in [-0.4, -0.2) is 62.1 Å². The van der Waals surface area contributed by atoms with Gasteiger partial charge in [-0.05, 0) is 104 Å². The number of piperidine rings is 1. The standard InChI is InChI=1S/C48H55N5O5/c1-48(2,3)52-46(56)43-23-22-33-11-4-7-17-42(33)53(43)29-38-26-44(34-20-18-31(30-54)19-21-34)58-47(57-38)37-14-9-13-36(25-37)35-12-8-10-32(24-35)27-50-45(55)41-28-49-39-15-5-6-16-40(39)51-41/h5-6,8-10,12-16,18-21,24-25,28,33,38,42-44,47,54H,4,7,11,17,22-23,26-27,29-30H2,1-3H3,(H,50,55)(H,52,56). The van der Waals surface area contributed by atoms with Gasteiger partial charge in [0.1, 0.15) is 5.69 Å². The van der Waals surface area contributed by atoms with E-state index in [-0.39, 0.29) is 47.9 Å². The first-order valence-electron chi connectivity index (χ1n) is 20.9. The van der Waals surface area contributed by atoms with Crippen LogP contribution in [-0.2, 0) is 27.4 Å². The fourth-order valence-corrected chi connectivity index (χ4v) is 9.06. The Morgan fingerprint density at radius 1 is 0.810 bits per heavy atom. The molecule has 302 valence electrons. The second kappa shape index (κ2) is 17.5. The normalized spacial score (nSPS) is 23.9. The van der Waals surface area contributed by atoms with Gasteiger partial charge in [-0.25, -0.2) is 4.98 Å². The van der Waals surface area contributed by atoms with Crippen LogP contribution in [0.15, 0.2) is 103 Å². The predicted molar refractivity (Wildman–Crippen MR) is 224 cm³/mol. The summed E-state index contributed by atoms with van der Waals surface area (Å²) >= 11 is 0. The van der Waals surface area contributed by atoms with Gasteiger partial charge in [0.05, 0.1) is 42.1 Å². The first-order valence-corrected chi connectivity index (χ1v) is 20.9. The quantitative estimate of drug-likeness (QED) is 0.130. The van der Waals surface area contributed by atoms with Crippen LogP contribution < -0.4 is 10.6 Å². The molecule has 0 bridgehead atoms. The number of likely N-dealkylation sites (tertiary alicyclic amines) is 1. The highest BCUT2D eigenvalue weighted by atomic mass is 16.7. The van der Waals surface area contributed by atoms with Crippen molar-refractivity contribution in [3.05, 3.63) is 131 Å². The molecule has 3 heterocycles. The van der Waals surface area contributed by atoms with E-state index < -0.39 is 6.29 Å². The minimum atomic E-state index is -0.638. The van der Waals surface area contributed by atoms with Gasteiger partial charge < -0.3 is 25.2 Å². The topological polar surface area (TPSA) is 126 Å². The lowest BCUT2D eigenvalue weighted by Crippen LogP contribution is -2.61. The van der Waals surface area contributed by atoms with Crippen LogP contribution in [0, 0.1) is 5.92 Å². The van der Waals surface area contributed by atoms with Crippen molar-refractivity contribution in [2.24, 2.45) is 5.92 Å². The zero-order valence-electron chi connectivity index (χ0n) is 33.8. The molecule has 0 spiro atoms. The van der Waals surface area contributed by atoms with Crippen LogP contribution in [0.5, 0.6) is 0 Å². The third-order valence-corrected chi connectivity index (χ3v) is 11.9. The molecule has 58 heavy (non-hydrogen) atoms. The van der Waals surface area contributed by atoms with Crippen LogP contribution in [0.3, 0.4) is 0 Å². The minimum absolute atomic E-state index is 0.0187. The van der Waals surface area contributed by atoms with Gasteiger partial charge >= 0.3 is 0 Å². The zero-order valence-corrected chi connectivity index (χ0v) is 33.8. The van der Waals surface area contributed by atoms with E-state index in [0.29, 0.717) is 37.0 Å². The number of aliphatic hydroxyl groups is 1. The summed E-state index contributed by atoms with van der Waals surface area (Å²) in [4.78, 5) is 38.3. The second-order valence-corrected chi connectivity index (χ2v) is 17.2. The lowest BCUT2D eigenvalue weighted by molar-refractivity contribution is -0.255. The third kappa shape index (κ3) is 9.31. The molecule has 2 amide bonds. The van der Waals surface area contributed by atoms with E-state index in [1.807, 2.05) is 87.5 Å². The van der Waals surface area contributed by atoms with E-state index in [0.717, 1.165) is 58.2 Å². The molecule has 3 N–H and O–H groups in total. The highest BCUT2D eigenvalue weighted by molar-refractivity contribution is 5.93. The van der Waals surface area contributed by atoms with E-state index in [1.54, 1.807) is 0 Å². The Morgan fingerprint density at radius 2 is 1.57 bits per heavy atom. The maximum atomic E-state index is 13.9. The van der Waals surface area contributed by atoms with Gasteiger partial charge in [0.2, 0.25) is 5.91 Å². The number of nitrogens with zero attached hydrogens (tertiary/aromatic N) is 3. The molecule has 6 atom stereocenters. The zero-order chi connectivity index (χ0) is 40.2.